The lowest BCUT2D eigenvalue weighted by Crippen LogP contribution is -1.76. The van der Waals surface area contributed by atoms with Crippen molar-refractivity contribution in [2.24, 2.45) is 0 Å². The van der Waals surface area contributed by atoms with E-state index >= 15 is 0 Å². The molecule has 0 aliphatic rings. The Kier molecular flexibility index (Phi) is 10.6. The Morgan fingerprint density at radius 2 is 1.64 bits per heavy atom. The van der Waals surface area contributed by atoms with Gasteiger partial charge in [-0.25, -0.2) is 0 Å². The number of unbranched alkanes of at least 4 members (excludes halogenated alkanes) is 5. The lowest BCUT2D eigenvalue weighted by molar-refractivity contribution is 0.652. The summed E-state index contributed by atoms with van der Waals surface area (Å²) in [5.74, 6) is 0. The van der Waals surface area contributed by atoms with Crippen molar-refractivity contribution in [1.29, 1.82) is 5.26 Å². The number of rotatable bonds is 8. The minimum Gasteiger partial charge on any atom is -0.193 e. The van der Waals surface area contributed by atoms with Crippen molar-refractivity contribution in [3.8, 4) is 6.07 Å². The van der Waals surface area contributed by atoms with Crippen LogP contribution in [-0.2, 0) is 0 Å². The summed E-state index contributed by atoms with van der Waals surface area (Å²) in [4.78, 5) is 0. The first-order valence-electron chi connectivity index (χ1n) is 5.24. The molecule has 1 nitrogen and oxygen atoms in total. The second-order valence-electron chi connectivity index (χ2n) is 3.19. The van der Waals surface area contributed by atoms with Crippen molar-refractivity contribution >= 4 is 0 Å². The molecular formula is C13H19N. The second kappa shape index (κ2) is 11.7. The van der Waals surface area contributed by atoms with Crippen molar-refractivity contribution < 1.29 is 0 Å². The first kappa shape index (κ1) is 12.7. The molecule has 0 aromatic carbocycles. The molecule has 0 saturated carbocycles. The highest BCUT2D eigenvalue weighted by atomic mass is 14.2. The highest BCUT2D eigenvalue weighted by molar-refractivity contribution is 5.01. The van der Waals surface area contributed by atoms with E-state index in [4.69, 9.17) is 5.26 Å². The molecule has 0 fully saturated rings. The van der Waals surface area contributed by atoms with Gasteiger partial charge >= 0.3 is 0 Å². The van der Waals surface area contributed by atoms with E-state index < -0.39 is 0 Å². The maximum absolute atomic E-state index is 8.24. The van der Waals surface area contributed by atoms with Crippen molar-refractivity contribution in [2.75, 3.05) is 0 Å². The molecular weight excluding hydrogens is 170 g/mol. The highest BCUT2D eigenvalue weighted by Crippen LogP contribution is 2.06. The molecule has 0 spiro atoms. The van der Waals surface area contributed by atoms with Gasteiger partial charge in [-0.2, -0.15) is 5.26 Å². The van der Waals surface area contributed by atoms with E-state index in [-0.39, 0.29) is 0 Å². The lowest BCUT2D eigenvalue weighted by Gasteiger charge is -1.95. The van der Waals surface area contributed by atoms with E-state index in [1.54, 1.807) is 6.08 Å². The van der Waals surface area contributed by atoms with Gasteiger partial charge in [-0.3, -0.25) is 0 Å². The fourth-order valence-corrected chi connectivity index (χ4v) is 1.21. The SMILES string of the molecule is C=C/C=C/CCCCCC/C=C/C#N. The van der Waals surface area contributed by atoms with Crippen LogP contribution < -0.4 is 0 Å². The summed E-state index contributed by atoms with van der Waals surface area (Å²) in [6.07, 6.45) is 16.7. The quantitative estimate of drug-likeness (QED) is 0.319. The first-order valence-corrected chi connectivity index (χ1v) is 5.24. The molecule has 0 atom stereocenters. The summed E-state index contributed by atoms with van der Waals surface area (Å²) in [7, 11) is 0. The van der Waals surface area contributed by atoms with Crippen molar-refractivity contribution in [2.45, 2.75) is 38.5 Å². The predicted octanol–water partition coefficient (Wildman–Crippen LogP) is 4.15. The van der Waals surface area contributed by atoms with Gasteiger partial charge in [-0.05, 0) is 25.7 Å². The molecule has 1 heteroatoms. The molecule has 14 heavy (non-hydrogen) atoms. The van der Waals surface area contributed by atoms with Gasteiger partial charge in [0.05, 0.1) is 6.07 Å². The standard InChI is InChI=1S/C13H19N/c1-2-3-4-5-6-7-8-9-10-11-12-13-14/h2-4,11-12H,1,5-10H2/b4-3+,12-11+. The second-order valence-corrected chi connectivity index (χ2v) is 3.19. The van der Waals surface area contributed by atoms with Crippen LogP contribution in [0.15, 0.2) is 37.0 Å². The average molecular weight is 189 g/mol. The third-order valence-corrected chi connectivity index (χ3v) is 1.96. The Bertz CT molecular complexity index is 218. The van der Waals surface area contributed by atoms with Crippen LogP contribution in [0.1, 0.15) is 38.5 Å². The van der Waals surface area contributed by atoms with E-state index in [1.807, 2.05) is 24.3 Å². The molecule has 0 saturated heterocycles. The van der Waals surface area contributed by atoms with Crippen molar-refractivity contribution in [3.05, 3.63) is 37.0 Å². The van der Waals surface area contributed by atoms with Crippen LogP contribution in [-0.4, -0.2) is 0 Å². The number of hydrogen-bond acceptors (Lipinski definition) is 1. The summed E-state index contributed by atoms with van der Waals surface area (Å²) in [5, 5.41) is 8.24. The van der Waals surface area contributed by atoms with Gasteiger partial charge in [0.25, 0.3) is 0 Å². The molecule has 0 aliphatic heterocycles. The van der Waals surface area contributed by atoms with Gasteiger partial charge in [-0.1, -0.05) is 43.7 Å². The normalized spacial score (nSPS) is 10.8. The maximum atomic E-state index is 8.24. The smallest absolute Gasteiger partial charge is 0.0908 e. The zero-order valence-corrected chi connectivity index (χ0v) is 8.78. The molecule has 0 amide bonds. The summed E-state index contributed by atoms with van der Waals surface area (Å²) in [5.41, 5.74) is 0. The summed E-state index contributed by atoms with van der Waals surface area (Å²) < 4.78 is 0. The van der Waals surface area contributed by atoms with E-state index in [0.29, 0.717) is 0 Å². The molecule has 0 unspecified atom stereocenters. The molecule has 0 aliphatic carbocycles. The van der Waals surface area contributed by atoms with Crippen LogP contribution in [0.25, 0.3) is 0 Å². The number of hydrogen-bond donors (Lipinski definition) is 0. The van der Waals surface area contributed by atoms with Crippen LogP contribution in [0.3, 0.4) is 0 Å². The molecule has 0 aromatic heterocycles. The van der Waals surface area contributed by atoms with Gasteiger partial charge in [-0.15, -0.1) is 0 Å². The summed E-state index contributed by atoms with van der Waals surface area (Å²) in [6.45, 7) is 3.62. The van der Waals surface area contributed by atoms with Crippen LogP contribution in [0, 0.1) is 11.3 Å². The zero-order chi connectivity index (χ0) is 10.5. The Labute approximate surface area is 87.4 Å². The van der Waals surface area contributed by atoms with E-state index in [0.717, 1.165) is 12.8 Å². The number of nitrogens with zero attached hydrogens (tertiary/aromatic N) is 1. The average Bonchev–Trinajstić information content (AvgIpc) is 2.21. The molecule has 76 valence electrons. The first-order chi connectivity index (χ1) is 6.91. The topological polar surface area (TPSA) is 23.8 Å². The largest absolute Gasteiger partial charge is 0.193 e. The maximum Gasteiger partial charge on any atom is 0.0908 e. The van der Waals surface area contributed by atoms with Gasteiger partial charge in [0.15, 0.2) is 0 Å². The monoisotopic (exact) mass is 189 g/mol. The van der Waals surface area contributed by atoms with E-state index in [1.165, 1.54) is 25.7 Å². The minimum atomic E-state index is 1.04. The Morgan fingerprint density at radius 1 is 1.00 bits per heavy atom. The van der Waals surface area contributed by atoms with Crippen LogP contribution in [0.5, 0.6) is 0 Å². The zero-order valence-electron chi connectivity index (χ0n) is 8.78. The summed E-state index contributed by atoms with van der Waals surface area (Å²) >= 11 is 0. The number of nitriles is 1. The Hall–Kier alpha value is -1.29. The number of allylic oxidation sites excluding steroid dienone is 5. The molecule has 0 bridgehead atoms. The molecule has 0 N–H and O–H groups in total. The Morgan fingerprint density at radius 3 is 2.21 bits per heavy atom. The van der Waals surface area contributed by atoms with Crippen LogP contribution in [0.4, 0.5) is 0 Å². The van der Waals surface area contributed by atoms with E-state index in [9.17, 15) is 0 Å². The fraction of sp³-hybridized carbons (Fsp3) is 0.462. The van der Waals surface area contributed by atoms with Crippen molar-refractivity contribution in [1.82, 2.24) is 0 Å². The lowest BCUT2D eigenvalue weighted by atomic mass is 10.1. The van der Waals surface area contributed by atoms with Gasteiger partial charge in [0.2, 0.25) is 0 Å². The summed E-state index contributed by atoms with van der Waals surface area (Å²) in [6, 6.07) is 1.99. The van der Waals surface area contributed by atoms with Crippen LogP contribution in [0.2, 0.25) is 0 Å². The minimum absolute atomic E-state index is 1.04. The fourth-order valence-electron chi connectivity index (χ4n) is 1.21. The third-order valence-electron chi connectivity index (χ3n) is 1.96. The van der Waals surface area contributed by atoms with Gasteiger partial charge < -0.3 is 0 Å². The highest BCUT2D eigenvalue weighted by Gasteiger charge is 1.86. The van der Waals surface area contributed by atoms with Gasteiger partial charge in [0.1, 0.15) is 0 Å². The molecule has 0 aromatic rings. The van der Waals surface area contributed by atoms with E-state index in [2.05, 4.69) is 12.7 Å². The van der Waals surface area contributed by atoms with Crippen LogP contribution >= 0.6 is 0 Å². The Balaban J connectivity index is 3.07. The molecule has 0 radical (unpaired) electrons. The van der Waals surface area contributed by atoms with Crippen molar-refractivity contribution in [3.63, 3.8) is 0 Å². The molecule has 0 heterocycles. The molecule has 0 rings (SSSR count). The predicted molar refractivity (Wildman–Crippen MR) is 61.8 cm³/mol. The third kappa shape index (κ3) is 10.7. The van der Waals surface area contributed by atoms with Gasteiger partial charge in [0, 0.05) is 6.08 Å².